The number of aliphatic carboxylic acids is 1. The summed E-state index contributed by atoms with van der Waals surface area (Å²) in [5.41, 5.74) is 0. The Morgan fingerprint density at radius 1 is 0.511 bits per heavy atom. The van der Waals surface area contributed by atoms with Crippen molar-refractivity contribution in [3.8, 4) is 0 Å². The van der Waals surface area contributed by atoms with Gasteiger partial charge in [0.1, 0.15) is 6.10 Å². The van der Waals surface area contributed by atoms with Crippen molar-refractivity contribution in [2.45, 2.75) is 200 Å². The molecule has 0 saturated heterocycles. The Morgan fingerprint density at radius 2 is 0.933 bits per heavy atom. The molecule has 1 atom stereocenters. The average molecular weight is 629 g/mol. The van der Waals surface area contributed by atoms with Gasteiger partial charge in [-0.25, -0.2) is 0 Å². The summed E-state index contributed by atoms with van der Waals surface area (Å²) >= 11 is 0. The molecule has 0 aromatic carbocycles. The molecule has 0 spiro atoms. The van der Waals surface area contributed by atoms with E-state index in [9.17, 15) is 9.59 Å². The SMILES string of the molecule is CCCCC/C=C\C/C=C\C/C=C\CCCCCCCCC(=O)OC(/C=C\CCCCCCCCC)CCCCCCC(=O)O. The van der Waals surface area contributed by atoms with Crippen molar-refractivity contribution < 1.29 is 19.4 Å². The fourth-order valence-electron chi connectivity index (χ4n) is 5.39. The highest BCUT2D eigenvalue weighted by Crippen LogP contribution is 2.15. The number of carboxylic acid groups (broad SMARTS) is 1. The zero-order valence-electron chi connectivity index (χ0n) is 29.7. The number of ether oxygens (including phenoxy) is 1. The molecule has 0 radical (unpaired) electrons. The van der Waals surface area contributed by atoms with Crippen LogP contribution in [0.4, 0.5) is 0 Å². The minimum atomic E-state index is -0.724. The van der Waals surface area contributed by atoms with Crippen LogP contribution < -0.4 is 0 Å². The number of hydrogen-bond donors (Lipinski definition) is 1. The Hall–Kier alpha value is -2.10. The molecule has 0 saturated carbocycles. The van der Waals surface area contributed by atoms with E-state index in [-0.39, 0.29) is 18.5 Å². The number of rotatable bonds is 34. The summed E-state index contributed by atoms with van der Waals surface area (Å²) in [5, 5.41) is 8.82. The quantitative estimate of drug-likeness (QED) is 0.0437. The van der Waals surface area contributed by atoms with Crippen LogP contribution in [-0.4, -0.2) is 23.1 Å². The number of carboxylic acids is 1. The minimum Gasteiger partial charge on any atom is -0.481 e. The van der Waals surface area contributed by atoms with Crippen LogP contribution in [0.3, 0.4) is 0 Å². The normalized spacial score (nSPS) is 12.8. The molecule has 4 nitrogen and oxygen atoms in total. The molecule has 0 heterocycles. The van der Waals surface area contributed by atoms with E-state index in [1.165, 1.54) is 96.3 Å². The molecule has 0 fully saturated rings. The first-order valence-electron chi connectivity index (χ1n) is 19.1. The zero-order chi connectivity index (χ0) is 32.9. The van der Waals surface area contributed by atoms with E-state index in [0.717, 1.165) is 70.6 Å². The summed E-state index contributed by atoms with van der Waals surface area (Å²) in [7, 11) is 0. The third kappa shape index (κ3) is 36.2. The lowest BCUT2D eigenvalue weighted by atomic mass is 10.1. The Morgan fingerprint density at radius 3 is 1.51 bits per heavy atom. The van der Waals surface area contributed by atoms with Gasteiger partial charge in [-0.05, 0) is 83.1 Å². The van der Waals surface area contributed by atoms with Crippen LogP contribution in [0.5, 0.6) is 0 Å². The molecule has 0 aliphatic carbocycles. The van der Waals surface area contributed by atoms with Crippen LogP contribution in [0, 0.1) is 0 Å². The smallest absolute Gasteiger partial charge is 0.306 e. The van der Waals surface area contributed by atoms with E-state index < -0.39 is 5.97 Å². The monoisotopic (exact) mass is 629 g/mol. The summed E-state index contributed by atoms with van der Waals surface area (Å²) < 4.78 is 5.87. The maximum absolute atomic E-state index is 12.6. The zero-order valence-corrected chi connectivity index (χ0v) is 29.7. The molecule has 0 aromatic rings. The van der Waals surface area contributed by atoms with Crippen LogP contribution in [0.25, 0.3) is 0 Å². The van der Waals surface area contributed by atoms with Gasteiger partial charge in [0, 0.05) is 12.8 Å². The summed E-state index contributed by atoms with van der Waals surface area (Å²) in [5.74, 6) is -0.799. The third-order valence-electron chi connectivity index (χ3n) is 8.26. The number of carbonyl (C=O) groups is 2. The second-order valence-electron chi connectivity index (χ2n) is 12.8. The van der Waals surface area contributed by atoms with E-state index in [0.29, 0.717) is 6.42 Å². The van der Waals surface area contributed by atoms with Crippen molar-refractivity contribution in [1.29, 1.82) is 0 Å². The molecule has 0 rings (SSSR count). The molecule has 4 heteroatoms. The van der Waals surface area contributed by atoms with E-state index in [1.807, 2.05) is 0 Å². The molecule has 0 aliphatic rings. The van der Waals surface area contributed by atoms with E-state index in [4.69, 9.17) is 9.84 Å². The van der Waals surface area contributed by atoms with Gasteiger partial charge in [0.05, 0.1) is 0 Å². The molecule has 260 valence electrons. The highest BCUT2D eigenvalue weighted by molar-refractivity contribution is 5.69. The Bertz CT molecular complexity index is 763. The Kier molecular flexibility index (Phi) is 34.7. The maximum Gasteiger partial charge on any atom is 0.306 e. The molecule has 0 aromatic heterocycles. The summed E-state index contributed by atoms with van der Waals surface area (Å²) in [4.78, 5) is 23.3. The van der Waals surface area contributed by atoms with Crippen LogP contribution >= 0.6 is 0 Å². The van der Waals surface area contributed by atoms with Crippen molar-refractivity contribution in [3.63, 3.8) is 0 Å². The summed E-state index contributed by atoms with van der Waals surface area (Å²) in [6, 6.07) is 0. The lowest BCUT2D eigenvalue weighted by Gasteiger charge is -2.15. The lowest BCUT2D eigenvalue weighted by Crippen LogP contribution is -2.16. The van der Waals surface area contributed by atoms with E-state index >= 15 is 0 Å². The lowest BCUT2D eigenvalue weighted by molar-refractivity contribution is -0.147. The van der Waals surface area contributed by atoms with Gasteiger partial charge in [-0.2, -0.15) is 0 Å². The van der Waals surface area contributed by atoms with Gasteiger partial charge in [0.25, 0.3) is 0 Å². The number of esters is 1. The van der Waals surface area contributed by atoms with Gasteiger partial charge in [-0.15, -0.1) is 0 Å². The fourth-order valence-corrected chi connectivity index (χ4v) is 5.39. The predicted octanol–water partition coefficient (Wildman–Crippen LogP) is 13.2. The van der Waals surface area contributed by atoms with Crippen LogP contribution in [0.2, 0.25) is 0 Å². The fraction of sp³-hybridized carbons (Fsp3) is 0.756. The van der Waals surface area contributed by atoms with Gasteiger partial charge >= 0.3 is 11.9 Å². The van der Waals surface area contributed by atoms with Crippen molar-refractivity contribution in [3.05, 3.63) is 48.6 Å². The number of allylic oxidation sites excluding steroid dienone is 7. The van der Waals surface area contributed by atoms with Crippen LogP contribution in [-0.2, 0) is 14.3 Å². The first-order valence-corrected chi connectivity index (χ1v) is 19.1. The second-order valence-corrected chi connectivity index (χ2v) is 12.8. The molecular weight excluding hydrogens is 556 g/mol. The van der Waals surface area contributed by atoms with Crippen molar-refractivity contribution >= 4 is 11.9 Å². The van der Waals surface area contributed by atoms with Gasteiger partial charge in [0.15, 0.2) is 0 Å². The van der Waals surface area contributed by atoms with Crippen molar-refractivity contribution in [2.24, 2.45) is 0 Å². The molecular formula is C41H72O4. The standard InChI is InChI=1S/C41H72O4/c1-3-5-7-9-11-13-14-15-16-17-18-19-20-21-22-24-26-28-34-38-41(44)45-39(36-32-29-30-33-37-40(42)43)35-31-27-25-23-12-10-8-6-4-2/h11,13,15-16,18-19,31,35,39H,3-10,12,14,17,20-30,32-34,36-38H2,1-2H3,(H,42,43)/b13-11-,16-15-,19-18-,35-31-. The van der Waals surface area contributed by atoms with Gasteiger partial charge in [-0.1, -0.05) is 146 Å². The molecule has 0 amide bonds. The molecule has 1 unspecified atom stereocenters. The van der Waals surface area contributed by atoms with E-state index in [2.05, 4.69) is 62.5 Å². The first-order chi connectivity index (χ1) is 22.1. The van der Waals surface area contributed by atoms with Crippen molar-refractivity contribution in [1.82, 2.24) is 0 Å². The van der Waals surface area contributed by atoms with Gasteiger partial charge in [-0.3, -0.25) is 9.59 Å². The minimum absolute atomic E-state index is 0.0753. The largest absolute Gasteiger partial charge is 0.481 e. The summed E-state index contributed by atoms with van der Waals surface area (Å²) in [6.45, 7) is 4.50. The Balaban J connectivity index is 4.01. The molecule has 45 heavy (non-hydrogen) atoms. The van der Waals surface area contributed by atoms with Gasteiger partial charge in [0.2, 0.25) is 0 Å². The average Bonchev–Trinajstić information content (AvgIpc) is 3.02. The Labute approximate surface area is 279 Å². The maximum atomic E-state index is 12.6. The van der Waals surface area contributed by atoms with Crippen LogP contribution in [0.15, 0.2) is 48.6 Å². The predicted molar refractivity (Wildman–Crippen MR) is 195 cm³/mol. The molecule has 1 N–H and O–H groups in total. The van der Waals surface area contributed by atoms with Crippen molar-refractivity contribution in [2.75, 3.05) is 0 Å². The highest BCUT2D eigenvalue weighted by Gasteiger charge is 2.11. The second kappa shape index (κ2) is 36.4. The number of carbonyl (C=O) groups excluding carboxylic acids is 1. The molecule has 0 bridgehead atoms. The topological polar surface area (TPSA) is 63.6 Å². The van der Waals surface area contributed by atoms with Gasteiger partial charge < -0.3 is 9.84 Å². The highest BCUT2D eigenvalue weighted by atomic mass is 16.5. The van der Waals surface area contributed by atoms with E-state index in [1.54, 1.807) is 0 Å². The first kappa shape index (κ1) is 42.9. The molecule has 0 aliphatic heterocycles. The number of unbranched alkanes of at least 4 members (excludes halogenated alkanes) is 19. The number of hydrogen-bond acceptors (Lipinski definition) is 3. The third-order valence-corrected chi connectivity index (χ3v) is 8.26. The summed E-state index contributed by atoms with van der Waals surface area (Å²) in [6.07, 6.45) is 48.5. The van der Waals surface area contributed by atoms with Crippen LogP contribution in [0.1, 0.15) is 194 Å².